The lowest BCUT2D eigenvalue weighted by molar-refractivity contribution is -0.125. The summed E-state index contributed by atoms with van der Waals surface area (Å²) in [6.07, 6.45) is 3.44. The van der Waals surface area contributed by atoms with E-state index in [0.717, 1.165) is 24.3 Å². The summed E-state index contributed by atoms with van der Waals surface area (Å²) < 4.78 is 1.73. The Balaban J connectivity index is 1.93. The number of hydrogen-bond acceptors (Lipinski definition) is 6. The van der Waals surface area contributed by atoms with Gasteiger partial charge in [0.05, 0.1) is 5.39 Å². The zero-order valence-electron chi connectivity index (χ0n) is 12.4. The van der Waals surface area contributed by atoms with Crippen molar-refractivity contribution in [3.8, 4) is 0 Å². The maximum atomic E-state index is 12.0. The Morgan fingerprint density at radius 1 is 1.33 bits per heavy atom. The molecule has 1 fully saturated rings. The van der Waals surface area contributed by atoms with Gasteiger partial charge >= 0.3 is 0 Å². The standard InChI is InChI=1S/C13H19N7O/c1-14-13(21)10-7-20(5-4-18(10)2)12-9-6-19(3)17-11(9)15-8-16-12/h6,8,10H,4-5,7H2,1-3H3,(H,14,21). The molecule has 0 aromatic carbocycles. The first kappa shape index (κ1) is 13.7. The quantitative estimate of drug-likeness (QED) is 0.782. The highest BCUT2D eigenvalue weighted by atomic mass is 16.2. The maximum absolute atomic E-state index is 12.0. The van der Waals surface area contributed by atoms with E-state index in [1.807, 2.05) is 20.3 Å². The molecule has 3 rings (SSSR count). The van der Waals surface area contributed by atoms with Gasteiger partial charge in [-0.1, -0.05) is 0 Å². The number of fused-ring (bicyclic) bond motifs is 1. The molecule has 1 unspecified atom stereocenters. The molecule has 1 N–H and O–H groups in total. The Morgan fingerprint density at radius 3 is 2.90 bits per heavy atom. The number of carbonyl (C=O) groups excluding carboxylic acids is 1. The largest absolute Gasteiger partial charge is 0.358 e. The molecule has 0 aliphatic carbocycles. The molecule has 1 atom stereocenters. The number of amides is 1. The lowest BCUT2D eigenvalue weighted by Gasteiger charge is -2.38. The third-order valence-electron chi connectivity index (χ3n) is 3.91. The van der Waals surface area contributed by atoms with Crippen LogP contribution in [0.5, 0.6) is 0 Å². The molecular formula is C13H19N7O. The van der Waals surface area contributed by atoms with Crippen LogP contribution >= 0.6 is 0 Å². The molecule has 0 spiro atoms. The van der Waals surface area contributed by atoms with Crippen LogP contribution in [0.1, 0.15) is 0 Å². The Hall–Kier alpha value is -2.22. The molecule has 8 heteroatoms. The van der Waals surface area contributed by atoms with Crippen molar-refractivity contribution in [2.24, 2.45) is 7.05 Å². The Bertz CT molecular complexity index is 668. The molecule has 1 aliphatic rings. The second-order valence-electron chi connectivity index (χ2n) is 5.29. The second kappa shape index (κ2) is 5.28. The zero-order valence-corrected chi connectivity index (χ0v) is 12.4. The normalized spacial score (nSPS) is 20.0. The van der Waals surface area contributed by atoms with Gasteiger partial charge in [-0.2, -0.15) is 5.10 Å². The van der Waals surface area contributed by atoms with E-state index in [0.29, 0.717) is 12.2 Å². The van der Waals surface area contributed by atoms with Crippen molar-refractivity contribution in [2.45, 2.75) is 6.04 Å². The highest BCUT2D eigenvalue weighted by molar-refractivity contribution is 5.87. The number of anilines is 1. The highest BCUT2D eigenvalue weighted by Gasteiger charge is 2.30. The van der Waals surface area contributed by atoms with Crippen LogP contribution in [-0.2, 0) is 11.8 Å². The lowest BCUT2D eigenvalue weighted by Crippen LogP contribution is -2.57. The number of likely N-dealkylation sites (N-methyl/N-ethyl adjacent to an activating group) is 2. The molecule has 2 aromatic rings. The molecule has 8 nitrogen and oxygen atoms in total. The Labute approximate surface area is 122 Å². The van der Waals surface area contributed by atoms with Crippen molar-refractivity contribution >= 4 is 22.8 Å². The van der Waals surface area contributed by atoms with Crippen LogP contribution in [0.4, 0.5) is 5.82 Å². The summed E-state index contributed by atoms with van der Waals surface area (Å²) in [5.41, 5.74) is 0.679. The summed E-state index contributed by atoms with van der Waals surface area (Å²) in [5.74, 6) is 0.869. The lowest BCUT2D eigenvalue weighted by atomic mass is 10.1. The van der Waals surface area contributed by atoms with Crippen molar-refractivity contribution in [2.75, 3.05) is 38.6 Å². The maximum Gasteiger partial charge on any atom is 0.238 e. The van der Waals surface area contributed by atoms with Gasteiger partial charge in [0.15, 0.2) is 5.65 Å². The fourth-order valence-corrected chi connectivity index (χ4v) is 2.71. The van der Waals surface area contributed by atoms with Crippen LogP contribution in [0.15, 0.2) is 12.5 Å². The minimum atomic E-state index is -0.176. The molecular weight excluding hydrogens is 270 g/mol. The predicted molar refractivity (Wildman–Crippen MR) is 79.0 cm³/mol. The van der Waals surface area contributed by atoms with E-state index in [1.54, 1.807) is 11.7 Å². The topological polar surface area (TPSA) is 79.2 Å². The van der Waals surface area contributed by atoms with Gasteiger partial charge in [-0.15, -0.1) is 0 Å². The van der Waals surface area contributed by atoms with E-state index in [1.165, 1.54) is 6.33 Å². The van der Waals surface area contributed by atoms with Crippen molar-refractivity contribution in [3.05, 3.63) is 12.5 Å². The third kappa shape index (κ3) is 2.42. The SMILES string of the molecule is CNC(=O)C1CN(c2ncnc3nn(C)cc23)CCN1C. The van der Waals surface area contributed by atoms with E-state index < -0.39 is 0 Å². The van der Waals surface area contributed by atoms with Gasteiger partial charge in [0.1, 0.15) is 18.2 Å². The zero-order chi connectivity index (χ0) is 15.0. The molecule has 0 radical (unpaired) electrons. The molecule has 0 bridgehead atoms. The van der Waals surface area contributed by atoms with Gasteiger partial charge in [0.2, 0.25) is 5.91 Å². The molecule has 2 aromatic heterocycles. The Morgan fingerprint density at radius 2 is 2.14 bits per heavy atom. The number of nitrogens with zero attached hydrogens (tertiary/aromatic N) is 6. The van der Waals surface area contributed by atoms with Crippen LogP contribution in [0.25, 0.3) is 11.0 Å². The number of carbonyl (C=O) groups is 1. The first-order valence-electron chi connectivity index (χ1n) is 6.91. The monoisotopic (exact) mass is 289 g/mol. The first-order chi connectivity index (χ1) is 10.1. The van der Waals surface area contributed by atoms with E-state index in [9.17, 15) is 4.79 Å². The second-order valence-corrected chi connectivity index (χ2v) is 5.29. The summed E-state index contributed by atoms with van der Waals surface area (Å²) in [4.78, 5) is 24.8. The fourth-order valence-electron chi connectivity index (χ4n) is 2.71. The predicted octanol–water partition coefficient (Wildman–Crippen LogP) is -0.770. The summed E-state index contributed by atoms with van der Waals surface area (Å²) in [6.45, 7) is 2.24. The number of nitrogens with one attached hydrogen (secondary N) is 1. The Kier molecular flexibility index (Phi) is 3.46. The molecule has 1 saturated heterocycles. The van der Waals surface area contributed by atoms with Crippen LogP contribution in [-0.4, -0.2) is 70.3 Å². The number of aryl methyl sites for hydroxylation is 1. The van der Waals surface area contributed by atoms with Crippen molar-refractivity contribution in [1.29, 1.82) is 0 Å². The average Bonchev–Trinajstić information content (AvgIpc) is 2.87. The number of hydrogen-bond donors (Lipinski definition) is 1. The van der Waals surface area contributed by atoms with Crippen molar-refractivity contribution in [3.63, 3.8) is 0 Å². The van der Waals surface area contributed by atoms with Gasteiger partial charge in [-0.25, -0.2) is 9.97 Å². The number of rotatable bonds is 2. The summed E-state index contributed by atoms with van der Waals surface area (Å²) in [6, 6.07) is -0.176. The summed E-state index contributed by atoms with van der Waals surface area (Å²) in [7, 11) is 5.50. The third-order valence-corrected chi connectivity index (χ3v) is 3.91. The van der Waals surface area contributed by atoms with Crippen molar-refractivity contribution < 1.29 is 4.79 Å². The smallest absolute Gasteiger partial charge is 0.238 e. The minimum absolute atomic E-state index is 0.0266. The fraction of sp³-hybridized carbons (Fsp3) is 0.538. The molecule has 112 valence electrons. The van der Waals surface area contributed by atoms with E-state index >= 15 is 0 Å². The van der Waals surface area contributed by atoms with E-state index in [-0.39, 0.29) is 11.9 Å². The van der Waals surface area contributed by atoms with Gasteiger partial charge in [-0.3, -0.25) is 14.4 Å². The van der Waals surface area contributed by atoms with Crippen LogP contribution in [0, 0.1) is 0 Å². The summed E-state index contributed by atoms with van der Waals surface area (Å²) >= 11 is 0. The average molecular weight is 289 g/mol. The number of piperazine rings is 1. The molecule has 3 heterocycles. The van der Waals surface area contributed by atoms with E-state index in [4.69, 9.17) is 0 Å². The van der Waals surface area contributed by atoms with Gasteiger partial charge < -0.3 is 10.2 Å². The minimum Gasteiger partial charge on any atom is -0.358 e. The van der Waals surface area contributed by atoms with Gasteiger partial charge in [0.25, 0.3) is 0 Å². The molecule has 21 heavy (non-hydrogen) atoms. The molecule has 1 aliphatic heterocycles. The van der Waals surface area contributed by atoms with Gasteiger partial charge in [0, 0.05) is 39.9 Å². The molecule has 1 amide bonds. The van der Waals surface area contributed by atoms with Crippen LogP contribution in [0.2, 0.25) is 0 Å². The van der Waals surface area contributed by atoms with E-state index in [2.05, 4.69) is 30.2 Å². The number of aromatic nitrogens is 4. The highest BCUT2D eigenvalue weighted by Crippen LogP contribution is 2.24. The first-order valence-corrected chi connectivity index (χ1v) is 6.91. The van der Waals surface area contributed by atoms with Gasteiger partial charge in [-0.05, 0) is 7.05 Å². The van der Waals surface area contributed by atoms with Crippen LogP contribution in [0.3, 0.4) is 0 Å². The summed E-state index contributed by atoms with van der Waals surface area (Å²) in [5, 5.41) is 7.94. The molecule has 0 saturated carbocycles. The van der Waals surface area contributed by atoms with Crippen LogP contribution < -0.4 is 10.2 Å². The van der Waals surface area contributed by atoms with Crippen molar-refractivity contribution in [1.82, 2.24) is 30.0 Å².